The second-order valence-electron chi connectivity index (χ2n) is 4.91. The smallest absolute Gasteiger partial charge is 0.259 e. The van der Waals surface area contributed by atoms with Crippen LogP contribution in [0.25, 0.3) is 0 Å². The van der Waals surface area contributed by atoms with E-state index < -0.39 is 5.91 Å². The lowest BCUT2D eigenvalue weighted by Crippen LogP contribution is -2.35. The van der Waals surface area contributed by atoms with Crippen molar-refractivity contribution in [2.75, 3.05) is 12.3 Å². The van der Waals surface area contributed by atoms with Crippen molar-refractivity contribution in [3.63, 3.8) is 0 Å². The molecule has 2 rings (SSSR count). The van der Waals surface area contributed by atoms with Crippen LogP contribution in [0.1, 0.15) is 22.8 Å². The third-order valence-electron chi connectivity index (χ3n) is 3.10. The van der Waals surface area contributed by atoms with Gasteiger partial charge in [-0.25, -0.2) is 5.43 Å². The Balaban J connectivity index is 1.85. The molecule has 6 nitrogen and oxygen atoms in total. The van der Waals surface area contributed by atoms with Crippen LogP contribution < -0.4 is 16.5 Å². The fourth-order valence-corrected chi connectivity index (χ4v) is 1.87. The molecule has 4 N–H and O–H groups in total. The summed E-state index contributed by atoms with van der Waals surface area (Å²) in [6.07, 6.45) is 0. The van der Waals surface area contributed by atoms with Crippen LogP contribution in [0.3, 0.4) is 0 Å². The van der Waals surface area contributed by atoms with Crippen LogP contribution in [0, 0.1) is 0 Å². The van der Waals surface area contributed by atoms with E-state index in [0.29, 0.717) is 17.0 Å². The van der Waals surface area contributed by atoms with Crippen LogP contribution in [0.15, 0.2) is 59.7 Å². The van der Waals surface area contributed by atoms with Gasteiger partial charge in [-0.05, 0) is 36.8 Å². The van der Waals surface area contributed by atoms with Gasteiger partial charge in [0.05, 0.1) is 12.3 Å². The summed E-state index contributed by atoms with van der Waals surface area (Å²) < 4.78 is 0. The van der Waals surface area contributed by atoms with Crippen molar-refractivity contribution in [3.8, 4) is 0 Å². The molecular formula is C17H18N4O2. The summed E-state index contributed by atoms with van der Waals surface area (Å²) in [6, 6.07) is 15.9. The SMILES string of the molecule is C/C(=N\NC(=O)CNC(=O)c1ccccc1)c1cccc(N)c1. The van der Waals surface area contributed by atoms with Crippen molar-refractivity contribution < 1.29 is 9.59 Å². The predicted octanol–water partition coefficient (Wildman–Crippen LogP) is 1.54. The Labute approximate surface area is 134 Å². The first-order chi connectivity index (χ1) is 11.1. The zero-order valence-corrected chi connectivity index (χ0v) is 12.7. The molecule has 0 unspecified atom stereocenters. The van der Waals surface area contributed by atoms with Crippen LogP contribution in [0.4, 0.5) is 5.69 Å². The average molecular weight is 310 g/mol. The highest BCUT2D eigenvalue weighted by atomic mass is 16.2. The van der Waals surface area contributed by atoms with Gasteiger partial charge in [0.15, 0.2) is 0 Å². The molecule has 6 heteroatoms. The number of carbonyl (C=O) groups is 2. The molecule has 118 valence electrons. The number of benzene rings is 2. The summed E-state index contributed by atoms with van der Waals surface area (Å²) in [5, 5.41) is 6.53. The Morgan fingerprint density at radius 2 is 1.74 bits per heavy atom. The summed E-state index contributed by atoms with van der Waals surface area (Å²) >= 11 is 0. The zero-order valence-electron chi connectivity index (χ0n) is 12.7. The standard InChI is InChI=1S/C17H18N4O2/c1-12(14-8-5-9-15(18)10-14)20-21-16(22)11-19-17(23)13-6-3-2-4-7-13/h2-10H,11,18H2,1H3,(H,19,23)(H,21,22)/b20-12+. The molecular weight excluding hydrogens is 292 g/mol. The molecule has 0 fully saturated rings. The van der Waals surface area contributed by atoms with Gasteiger partial charge in [0, 0.05) is 11.3 Å². The average Bonchev–Trinajstić information content (AvgIpc) is 2.58. The van der Waals surface area contributed by atoms with Crippen molar-refractivity contribution in [3.05, 3.63) is 65.7 Å². The summed E-state index contributed by atoms with van der Waals surface area (Å²) in [5.41, 5.74) is 10.7. The van der Waals surface area contributed by atoms with Gasteiger partial charge in [0.25, 0.3) is 11.8 Å². The monoisotopic (exact) mass is 310 g/mol. The summed E-state index contributed by atoms with van der Waals surface area (Å²) in [6.45, 7) is 1.61. The summed E-state index contributed by atoms with van der Waals surface area (Å²) in [7, 11) is 0. The minimum atomic E-state index is -0.405. The molecule has 0 saturated carbocycles. The van der Waals surface area contributed by atoms with Crippen molar-refractivity contribution >= 4 is 23.2 Å². The van der Waals surface area contributed by atoms with Gasteiger partial charge in [-0.2, -0.15) is 5.10 Å². The Hall–Kier alpha value is -3.15. The quantitative estimate of drug-likeness (QED) is 0.444. The molecule has 0 heterocycles. The highest BCUT2D eigenvalue weighted by Crippen LogP contribution is 2.07. The fourth-order valence-electron chi connectivity index (χ4n) is 1.87. The molecule has 0 saturated heterocycles. The largest absolute Gasteiger partial charge is 0.399 e. The lowest BCUT2D eigenvalue weighted by atomic mass is 10.1. The zero-order chi connectivity index (χ0) is 16.7. The molecule has 2 aromatic rings. The van der Waals surface area contributed by atoms with E-state index in [9.17, 15) is 9.59 Å². The minimum Gasteiger partial charge on any atom is -0.399 e. The van der Waals surface area contributed by atoms with E-state index in [1.165, 1.54) is 0 Å². The van der Waals surface area contributed by atoms with Gasteiger partial charge in [-0.15, -0.1) is 0 Å². The molecule has 0 aliphatic heterocycles. The number of nitrogens with one attached hydrogen (secondary N) is 2. The van der Waals surface area contributed by atoms with Crippen LogP contribution in [0.2, 0.25) is 0 Å². The first kappa shape index (κ1) is 16.2. The van der Waals surface area contributed by atoms with E-state index in [2.05, 4.69) is 15.8 Å². The van der Waals surface area contributed by atoms with Gasteiger partial charge < -0.3 is 11.1 Å². The van der Waals surface area contributed by atoms with Crippen molar-refractivity contribution in [2.24, 2.45) is 5.10 Å². The first-order valence-electron chi connectivity index (χ1n) is 7.08. The van der Waals surface area contributed by atoms with Crippen LogP contribution >= 0.6 is 0 Å². The van der Waals surface area contributed by atoms with Gasteiger partial charge in [-0.1, -0.05) is 30.3 Å². The van der Waals surface area contributed by atoms with Crippen LogP contribution in [0.5, 0.6) is 0 Å². The third-order valence-corrected chi connectivity index (χ3v) is 3.10. The van der Waals surface area contributed by atoms with E-state index in [0.717, 1.165) is 5.56 Å². The predicted molar refractivity (Wildman–Crippen MR) is 90.0 cm³/mol. The van der Waals surface area contributed by atoms with Gasteiger partial charge in [0.2, 0.25) is 0 Å². The highest BCUT2D eigenvalue weighted by Gasteiger charge is 2.07. The number of carbonyl (C=O) groups excluding carboxylic acids is 2. The number of nitrogens with two attached hydrogens (primary N) is 1. The number of hydrogen-bond donors (Lipinski definition) is 3. The van der Waals surface area contributed by atoms with Gasteiger partial charge in [0.1, 0.15) is 0 Å². The Bertz CT molecular complexity index is 726. The molecule has 0 atom stereocenters. The number of hydrazone groups is 1. The molecule has 0 spiro atoms. The van der Waals surface area contributed by atoms with Crippen molar-refractivity contribution in [1.82, 2.24) is 10.7 Å². The number of nitrogens with zero attached hydrogens (tertiary/aromatic N) is 1. The first-order valence-corrected chi connectivity index (χ1v) is 7.08. The van der Waals surface area contributed by atoms with Crippen LogP contribution in [-0.2, 0) is 4.79 Å². The maximum atomic E-state index is 11.8. The van der Waals surface area contributed by atoms with E-state index in [1.807, 2.05) is 18.2 Å². The Kier molecular flexibility index (Phi) is 5.46. The van der Waals surface area contributed by atoms with Crippen LogP contribution in [-0.4, -0.2) is 24.1 Å². The molecule has 0 aliphatic carbocycles. The lowest BCUT2D eigenvalue weighted by Gasteiger charge is -2.05. The van der Waals surface area contributed by atoms with E-state index in [4.69, 9.17) is 5.73 Å². The third kappa shape index (κ3) is 4.96. The summed E-state index contributed by atoms with van der Waals surface area (Å²) in [4.78, 5) is 23.5. The molecule has 0 bridgehead atoms. The number of anilines is 1. The van der Waals surface area contributed by atoms with E-state index >= 15 is 0 Å². The maximum absolute atomic E-state index is 11.8. The van der Waals surface area contributed by atoms with E-state index in [1.54, 1.807) is 43.3 Å². The van der Waals surface area contributed by atoms with E-state index in [-0.39, 0.29) is 12.5 Å². The second-order valence-corrected chi connectivity index (χ2v) is 4.91. The highest BCUT2D eigenvalue weighted by molar-refractivity contribution is 6.00. The topological polar surface area (TPSA) is 96.6 Å². The molecule has 0 aliphatic rings. The lowest BCUT2D eigenvalue weighted by molar-refractivity contribution is -0.120. The number of amides is 2. The van der Waals surface area contributed by atoms with Crippen molar-refractivity contribution in [1.29, 1.82) is 0 Å². The molecule has 0 aromatic heterocycles. The molecule has 0 radical (unpaired) electrons. The fraction of sp³-hybridized carbons (Fsp3) is 0.118. The Morgan fingerprint density at radius 1 is 1.04 bits per heavy atom. The van der Waals surface area contributed by atoms with Gasteiger partial charge in [-0.3, -0.25) is 9.59 Å². The molecule has 2 aromatic carbocycles. The maximum Gasteiger partial charge on any atom is 0.259 e. The van der Waals surface area contributed by atoms with Gasteiger partial charge >= 0.3 is 0 Å². The minimum absolute atomic E-state index is 0.151. The number of nitrogen functional groups attached to an aromatic ring is 1. The normalized spacial score (nSPS) is 10.9. The second kappa shape index (κ2) is 7.74. The number of rotatable bonds is 5. The molecule has 2 amide bonds. The Morgan fingerprint density at radius 3 is 2.43 bits per heavy atom. The summed E-state index contributed by atoms with van der Waals surface area (Å²) in [5.74, 6) is -0.713. The number of hydrogen-bond acceptors (Lipinski definition) is 4. The molecule has 23 heavy (non-hydrogen) atoms. The van der Waals surface area contributed by atoms with Crippen molar-refractivity contribution in [2.45, 2.75) is 6.92 Å².